The third-order valence-corrected chi connectivity index (χ3v) is 7.87. The number of imidazole rings is 1. The maximum atomic E-state index is 13.6. The van der Waals surface area contributed by atoms with Crippen LogP contribution in [0.3, 0.4) is 0 Å². The minimum absolute atomic E-state index is 0.279. The van der Waals surface area contributed by atoms with E-state index in [9.17, 15) is 17.6 Å². The van der Waals surface area contributed by atoms with Gasteiger partial charge in [-0.3, -0.25) is 9.78 Å². The maximum Gasteiger partial charge on any atom is 0.236 e. The van der Waals surface area contributed by atoms with Crippen molar-refractivity contribution < 1.29 is 17.6 Å². The zero-order valence-electron chi connectivity index (χ0n) is 21.2. The van der Waals surface area contributed by atoms with E-state index >= 15 is 0 Å². The molecule has 0 fully saturated rings. The highest BCUT2D eigenvalue weighted by Gasteiger charge is 2.21. The first-order chi connectivity index (χ1) is 18.7. The number of carbonyl (C=O) groups is 1. The van der Waals surface area contributed by atoms with Crippen LogP contribution in [0.1, 0.15) is 27.3 Å². The van der Waals surface area contributed by atoms with Crippen molar-refractivity contribution >= 4 is 37.7 Å². The zero-order valence-corrected chi connectivity index (χ0v) is 22.0. The molecular formula is C30H23FN4O3S. The largest absolute Gasteiger partial charge is 0.324 e. The van der Waals surface area contributed by atoms with E-state index in [0.717, 1.165) is 38.2 Å². The van der Waals surface area contributed by atoms with Crippen LogP contribution in [0.15, 0.2) is 91.4 Å². The summed E-state index contributed by atoms with van der Waals surface area (Å²) >= 11 is 0. The van der Waals surface area contributed by atoms with Crippen LogP contribution in [0.2, 0.25) is 0 Å². The Kier molecular flexibility index (Phi) is 5.88. The topological polar surface area (TPSA) is 86.8 Å². The van der Waals surface area contributed by atoms with Gasteiger partial charge < -0.3 is 4.57 Å². The smallest absolute Gasteiger partial charge is 0.236 e. The number of pyridine rings is 1. The maximum absolute atomic E-state index is 13.6. The Hall–Kier alpha value is -4.63. The molecule has 3 aromatic heterocycles. The second-order valence-corrected chi connectivity index (χ2v) is 11.3. The molecule has 7 nitrogen and oxygen atoms in total. The number of rotatable bonds is 6. The Morgan fingerprint density at radius 2 is 1.64 bits per heavy atom. The molecule has 0 aliphatic carbocycles. The highest BCUT2D eigenvalue weighted by molar-refractivity contribution is 7.89. The molecule has 3 aromatic carbocycles. The lowest BCUT2D eigenvalue weighted by Gasteiger charge is -2.08. The number of aromatic nitrogens is 4. The molecular weight excluding hydrogens is 515 g/mol. The van der Waals surface area contributed by atoms with Gasteiger partial charge in [-0.25, -0.2) is 21.8 Å². The monoisotopic (exact) mass is 538 g/mol. The van der Waals surface area contributed by atoms with Crippen LogP contribution in [-0.4, -0.2) is 39.0 Å². The normalized spacial score (nSPS) is 11.9. The fourth-order valence-electron chi connectivity index (χ4n) is 4.88. The number of carbonyl (C=O) groups excluding carboxylic acids is 1. The number of hydrogen-bond donors (Lipinski definition) is 0. The summed E-state index contributed by atoms with van der Waals surface area (Å²) in [5, 5.41) is 0.523. The molecule has 0 saturated heterocycles. The minimum Gasteiger partial charge on any atom is -0.324 e. The Morgan fingerprint density at radius 1 is 0.923 bits per heavy atom. The van der Waals surface area contributed by atoms with Crippen molar-refractivity contribution in [2.24, 2.45) is 0 Å². The van der Waals surface area contributed by atoms with Crippen LogP contribution >= 0.6 is 0 Å². The van der Waals surface area contributed by atoms with Gasteiger partial charge in [-0.2, -0.15) is 0 Å². The molecule has 0 radical (unpaired) electrons. The van der Waals surface area contributed by atoms with Crippen molar-refractivity contribution in [3.63, 3.8) is 0 Å². The van der Waals surface area contributed by atoms with Crippen molar-refractivity contribution in [2.45, 2.75) is 13.5 Å². The first kappa shape index (κ1) is 24.7. The molecule has 0 spiro atoms. The molecule has 6 aromatic rings. The molecule has 39 heavy (non-hydrogen) atoms. The van der Waals surface area contributed by atoms with E-state index in [2.05, 4.69) is 14.5 Å². The zero-order chi connectivity index (χ0) is 27.3. The van der Waals surface area contributed by atoms with Gasteiger partial charge in [-0.05, 0) is 47.9 Å². The molecule has 0 amide bonds. The molecule has 0 bridgehead atoms. The summed E-state index contributed by atoms with van der Waals surface area (Å²) in [5.74, 6) is 0.231. The van der Waals surface area contributed by atoms with Crippen molar-refractivity contribution in [2.75, 3.05) is 6.26 Å². The third-order valence-electron chi connectivity index (χ3n) is 6.85. The molecule has 0 atom stereocenters. The lowest BCUT2D eigenvalue weighted by molar-refractivity contribution is 0.104. The van der Waals surface area contributed by atoms with Crippen LogP contribution in [0.5, 0.6) is 0 Å². The standard InChI is InChI=1S/C30H23FN4O3S/c1-19-33-27-16-32-14-13-28(27)34(19)17-20-3-5-22(6-4-20)30(36)26-18-35(39(2,37)38)29-15-23(9-12-25(26)29)21-7-10-24(31)11-8-21/h3-16,18H,17H2,1-2H3. The SMILES string of the molecule is Cc1nc2cnccc2n1Cc1ccc(C(=O)c2cn(S(C)(=O)=O)c3cc(-c4ccc(F)cc4)ccc23)cc1. The van der Waals surface area contributed by atoms with Gasteiger partial charge in [-0.15, -0.1) is 0 Å². The number of halogens is 1. The predicted molar refractivity (Wildman–Crippen MR) is 149 cm³/mol. The average molecular weight is 539 g/mol. The van der Waals surface area contributed by atoms with Crippen LogP contribution < -0.4 is 0 Å². The predicted octanol–water partition coefficient (Wildman–Crippen LogP) is 5.59. The van der Waals surface area contributed by atoms with E-state index in [0.29, 0.717) is 28.6 Å². The molecule has 9 heteroatoms. The Labute approximate surface area is 224 Å². The fraction of sp³-hybridized carbons (Fsp3) is 0.100. The van der Waals surface area contributed by atoms with E-state index in [1.165, 1.54) is 18.3 Å². The molecule has 0 N–H and O–H groups in total. The summed E-state index contributed by atoms with van der Waals surface area (Å²) in [4.78, 5) is 22.3. The van der Waals surface area contributed by atoms with Gasteiger partial charge in [0.1, 0.15) is 17.2 Å². The van der Waals surface area contributed by atoms with Gasteiger partial charge in [0.05, 0.1) is 23.5 Å². The van der Waals surface area contributed by atoms with Gasteiger partial charge in [0.25, 0.3) is 0 Å². The first-order valence-electron chi connectivity index (χ1n) is 12.2. The lowest BCUT2D eigenvalue weighted by atomic mass is 9.99. The van der Waals surface area contributed by atoms with E-state index in [-0.39, 0.29) is 17.2 Å². The summed E-state index contributed by atoms with van der Waals surface area (Å²) in [6.07, 6.45) is 5.94. The number of fused-ring (bicyclic) bond motifs is 2. The summed E-state index contributed by atoms with van der Waals surface area (Å²) in [6, 6.07) is 20.4. The average Bonchev–Trinajstić information content (AvgIpc) is 3.46. The Morgan fingerprint density at radius 3 is 2.36 bits per heavy atom. The molecule has 194 valence electrons. The van der Waals surface area contributed by atoms with Gasteiger partial charge in [-0.1, -0.05) is 48.5 Å². The molecule has 0 aliphatic rings. The number of benzene rings is 3. The molecule has 0 aliphatic heterocycles. The summed E-state index contributed by atoms with van der Waals surface area (Å²) in [6.45, 7) is 2.53. The first-order valence-corrected chi connectivity index (χ1v) is 14.1. The van der Waals surface area contributed by atoms with E-state index in [4.69, 9.17) is 0 Å². The van der Waals surface area contributed by atoms with Gasteiger partial charge in [0, 0.05) is 35.5 Å². The van der Waals surface area contributed by atoms with E-state index in [1.54, 1.807) is 54.9 Å². The molecule has 3 heterocycles. The quantitative estimate of drug-likeness (QED) is 0.258. The van der Waals surface area contributed by atoms with Crippen LogP contribution in [0.4, 0.5) is 4.39 Å². The molecule has 0 unspecified atom stereocenters. The minimum atomic E-state index is -3.70. The van der Waals surface area contributed by atoms with Crippen molar-refractivity contribution in [3.05, 3.63) is 120 Å². The summed E-state index contributed by atoms with van der Waals surface area (Å²) in [5.41, 5.74) is 5.38. The number of aryl methyl sites for hydroxylation is 1. The molecule has 6 rings (SSSR count). The van der Waals surface area contributed by atoms with Crippen molar-refractivity contribution in [1.82, 2.24) is 18.5 Å². The third kappa shape index (κ3) is 4.51. The fourth-order valence-corrected chi connectivity index (χ4v) is 5.68. The van der Waals surface area contributed by atoms with E-state index < -0.39 is 10.0 Å². The number of ketones is 1. The van der Waals surface area contributed by atoms with Gasteiger partial charge >= 0.3 is 0 Å². The second kappa shape index (κ2) is 9.28. The number of hydrogen-bond acceptors (Lipinski definition) is 5. The van der Waals surface area contributed by atoms with Crippen LogP contribution in [-0.2, 0) is 16.6 Å². The Balaban J connectivity index is 1.35. The highest BCUT2D eigenvalue weighted by atomic mass is 32.2. The molecule has 0 saturated carbocycles. The lowest BCUT2D eigenvalue weighted by Crippen LogP contribution is -2.08. The van der Waals surface area contributed by atoms with Gasteiger partial charge in [0.2, 0.25) is 10.0 Å². The van der Waals surface area contributed by atoms with Crippen LogP contribution in [0.25, 0.3) is 33.1 Å². The second-order valence-electron chi connectivity index (χ2n) is 9.48. The van der Waals surface area contributed by atoms with Crippen molar-refractivity contribution in [3.8, 4) is 11.1 Å². The summed E-state index contributed by atoms with van der Waals surface area (Å²) < 4.78 is 41.9. The van der Waals surface area contributed by atoms with E-state index in [1.807, 2.05) is 25.1 Å². The number of nitrogens with zero attached hydrogens (tertiary/aromatic N) is 4. The van der Waals surface area contributed by atoms with Gasteiger partial charge in [0.15, 0.2) is 5.78 Å². The highest BCUT2D eigenvalue weighted by Crippen LogP contribution is 2.30. The Bertz CT molecular complexity index is 1990. The summed E-state index contributed by atoms with van der Waals surface area (Å²) in [7, 11) is -3.70. The van der Waals surface area contributed by atoms with Crippen molar-refractivity contribution in [1.29, 1.82) is 0 Å². The van der Waals surface area contributed by atoms with Crippen LogP contribution in [0, 0.1) is 12.7 Å².